The van der Waals surface area contributed by atoms with Crippen LogP contribution in [-0.4, -0.2) is 23.8 Å². The van der Waals surface area contributed by atoms with Gasteiger partial charge in [-0.05, 0) is 18.2 Å². The molecule has 0 aliphatic carbocycles. The van der Waals surface area contributed by atoms with E-state index in [0.29, 0.717) is 30.6 Å². The fraction of sp³-hybridized carbons (Fsp3) is 0.273. The van der Waals surface area contributed by atoms with Gasteiger partial charge in [-0.15, -0.1) is 5.10 Å². The van der Waals surface area contributed by atoms with E-state index in [0.717, 1.165) is 0 Å². The third-order valence-electron chi connectivity index (χ3n) is 2.30. The molecule has 2 rings (SSSR count). The number of anilines is 2. The molecule has 0 amide bonds. The van der Waals surface area contributed by atoms with Crippen LogP contribution >= 0.6 is 0 Å². The highest BCUT2D eigenvalue weighted by Crippen LogP contribution is 2.22. The summed E-state index contributed by atoms with van der Waals surface area (Å²) in [6, 6.07) is 6.48. The van der Waals surface area contributed by atoms with E-state index in [-0.39, 0.29) is 5.82 Å². The number of nitrogens with zero attached hydrogens (tertiary/aromatic N) is 3. The molecule has 0 unspecified atom stereocenters. The molecule has 0 fully saturated rings. The highest BCUT2D eigenvalue weighted by atomic mass is 19.1. The van der Waals surface area contributed by atoms with Crippen molar-refractivity contribution >= 4 is 11.7 Å². The van der Waals surface area contributed by atoms with Crippen LogP contribution in [-0.2, 0) is 6.42 Å². The monoisotopic (exact) mass is 236 g/mol. The lowest BCUT2D eigenvalue weighted by atomic mass is 10.3. The SMILES string of the molecule is CN(c1cccc(F)c1)c1nnc(CCN)o1. The first-order valence-corrected chi connectivity index (χ1v) is 5.22. The molecular formula is C11H13FN4O. The van der Waals surface area contributed by atoms with Gasteiger partial charge in [0.1, 0.15) is 5.82 Å². The standard InChI is InChI=1S/C11H13FN4O/c1-16(9-4-2-3-8(12)7-9)11-15-14-10(17-11)5-6-13/h2-4,7H,5-6,13H2,1H3. The predicted molar refractivity (Wildman–Crippen MR) is 61.5 cm³/mol. The summed E-state index contributed by atoms with van der Waals surface area (Å²) in [6.07, 6.45) is 0.532. The Hall–Kier alpha value is -1.95. The second kappa shape index (κ2) is 4.92. The van der Waals surface area contributed by atoms with Gasteiger partial charge in [-0.25, -0.2) is 4.39 Å². The minimum Gasteiger partial charge on any atom is -0.408 e. The van der Waals surface area contributed by atoms with Gasteiger partial charge in [-0.2, -0.15) is 0 Å². The number of rotatable bonds is 4. The normalized spacial score (nSPS) is 10.5. The Bertz CT molecular complexity index is 500. The fourth-order valence-electron chi connectivity index (χ4n) is 1.40. The molecule has 0 radical (unpaired) electrons. The van der Waals surface area contributed by atoms with Crippen LogP contribution in [0.15, 0.2) is 28.7 Å². The van der Waals surface area contributed by atoms with Crippen molar-refractivity contribution in [3.05, 3.63) is 36.0 Å². The van der Waals surface area contributed by atoms with Crippen LogP contribution in [0.25, 0.3) is 0 Å². The zero-order chi connectivity index (χ0) is 12.3. The van der Waals surface area contributed by atoms with E-state index in [1.165, 1.54) is 12.1 Å². The summed E-state index contributed by atoms with van der Waals surface area (Å²) in [7, 11) is 1.73. The first kappa shape index (κ1) is 11.5. The average Bonchev–Trinajstić information content (AvgIpc) is 2.77. The van der Waals surface area contributed by atoms with E-state index in [1.54, 1.807) is 24.1 Å². The number of benzene rings is 1. The van der Waals surface area contributed by atoms with Gasteiger partial charge in [-0.3, -0.25) is 4.90 Å². The molecule has 0 saturated carbocycles. The molecule has 0 saturated heterocycles. The first-order chi connectivity index (χ1) is 8.20. The molecule has 1 heterocycles. The molecule has 2 aromatic rings. The van der Waals surface area contributed by atoms with E-state index in [9.17, 15) is 4.39 Å². The van der Waals surface area contributed by atoms with E-state index < -0.39 is 0 Å². The van der Waals surface area contributed by atoms with Gasteiger partial charge < -0.3 is 10.2 Å². The summed E-state index contributed by atoms with van der Waals surface area (Å²) in [6.45, 7) is 0.450. The fourth-order valence-corrected chi connectivity index (χ4v) is 1.40. The smallest absolute Gasteiger partial charge is 0.322 e. The number of hydrogen-bond donors (Lipinski definition) is 1. The third-order valence-corrected chi connectivity index (χ3v) is 2.30. The number of aromatic nitrogens is 2. The van der Waals surface area contributed by atoms with Crippen LogP contribution < -0.4 is 10.6 Å². The number of nitrogens with two attached hydrogens (primary N) is 1. The molecule has 6 heteroatoms. The molecule has 0 bridgehead atoms. The van der Waals surface area contributed by atoms with Gasteiger partial charge in [0.15, 0.2) is 0 Å². The van der Waals surface area contributed by atoms with Gasteiger partial charge >= 0.3 is 6.01 Å². The van der Waals surface area contributed by atoms with Crippen LogP contribution in [0.4, 0.5) is 16.1 Å². The van der Waals surface area contributed by atoms with Crippen LogP contribution in [0.5, 0.6) is 0 Å². The highest BCUT2D eigenvalue weighted by molar-refractivity contribution is 5.54. The summed E-state index contributed by atoms with van der Waals surface area (Å²) in [5, 5.41) is 7.71. The topological polar surface area (TPSA) is 68.2 Å². The molecule has 1 aromatic heterocycles. The number of halogens is 1. The Labute approximate surface area is 98.1 Å². The first-order valence-electron chi connectivity index (χ1n) is 5.22. The lowest BCUT2D eigenvalue weighted by Gasteiger charge is -2.13. The van der Waals surface area contributed by atoms with Crippen molar-refractivity contribution in [1.29, 1.82) is 0 Å². The van der Waals surface area contributed by atoms with E-state index in [2.05, 4.69) is 10.2 Å². The number of hydrogen-bond acceptors (Lipinski definition) is 5. The van der Waals surface area contributed by atoms with Crippen LogP contribution in [0.1, 0.15) is 5.89 Å². The van der Waals surface area contributed by atoms with E-state index >= 15 is 0 Å². The second-order valence-corrected chi connectivity index (χ2v) is 3.56. The molecule has 2 N–H and O–H groups in total. The quantitative estimate of drug-likeness (QED) is 0.870. The maximum Gasteiger partial charge on any atom is 0.322 e. The lowest BCUT2D eigenvalue weighted by molar-refractivity contribution is 0.499. The van der Waals surface area contributed by atoms with Gasteiger partial charge in [0.2, 0.25) is 5.89 Å². The molecule has 0 atom stereocenters. The Balaban J connectivity index is 2.21. The van der Waals surface area contributed by atoms with Crippen molar-refractivity contribution in [2.45, 2.75) is 6.42 Å². The Morgan fingerprint density at radius 3 is 2.94 bits per heavy atom. The van der Waals surface area contributed by atoms with Crippen molar-refractivity contribution in [3.8, 4) is 0 Å². The van der Waals surface area contributed by atoms with Crippen molar-refractivity contribution in [2.75, 3.05) is 18.5 Å². The van der Waals surface area contributed by atoms with Crippen molar-refractivity contribution < 1.29 is 8.81 Å². The largest absolute Gasteiger partial charge is 0.408 e. The van der Waals surface area contributed by atoms with Crippen molar-refractivity contribution in [1.82, 2.24) is 10.2 Å². The lowest BCUT2D eigenvalue weighted by Crippen LogP contribution is -2.09. The summed E-state index contributed by atoms with van der Waals surface area (Å²) < 4.78 is 18.4. The maximum atomic E-state index is 13.1. The summed E-state index contributed by atoms with van der Waals surface area (Å²) >= 11 is 0. The van der Waals surface area contributed by atoms with Crippen molar-refractivity contribution in [3.63, 3.8) is 0 Å². The third kappa shape index (κ3) is 2.59. The summed E-state index contributed by atoms with van der Waals surface area (Å²) in [5.74, 6) is 0.168. The molecule has 0 spiro atoms. The zero-order valence-corrected chi connectivity index (χ0v) is 9.43. The van der Waals surface area contributed by atoms with Gasteiger partial charge in [0, 0.05) is 25.7 Å². The molecule has 90 valence electrons. The summed E-state index contributed by atoms with van der Waals surface area (Å²) in [4.78, 5) is 1.62. The van der Waals surface area contributed by atoms with E-state index in [4.69, 9.17) is 10.2 Å². The van der Waals surface area contributed by atoms with E-state index in [1.807, 2.05) is 0 Å². The Kier molecular flexibility index (Phi) is 3.34. The molecule has 1 aromatic carbocycles. The maximum absolute atomic E-state index is 13.1. The van der Waals surface area contributed by atoms with Gasteiger partial charge in [-0.1, -0.05) is 11.2 Å². The Morgan fingerprint density at radius 1 is 1.41 bits per heavy atom. The van der Waals surface area contributed by atoms with Crippen molar-refractivity contribution in [2.24, 2.45) is 5.73 Å². The van der Waals surface area contributed by atoms with Gasteiger partial charge in [0.25, 0.3) is 0 Å². The predicted octanol–water partition coefficient (Wildman–Crippen LogP) is 1.48. The Morgan fingerprint density at radius 2 is 2.24 bits per heavy atom. The molecule has 0 aliphatic heterocycles. The van der Waals surface area contributed by atoms with Crippen LogP contribution in [0, 0.1) is 5.82 Å². The molecule has 0 aliphatic rings. The minimum absolute atomic E-state index is 0.309. The minimum atomic E-state index is -0.309. The van der Waals surface area contributed by atoms with Crippen LogP contribution in [0.2, 0.25) is 0 Å². The second-order valence-electron chi connectivity index (χ2n) is 3.56. The average molecular weight is 236 g/mol. The summed E-state index contributed by atoms with van der Waals surface area (Å²) in [5.41, 5.74) is 6.03. The molecular weight excluding hydrogens is 223 g/mol. The zero-order valence-electron chi connectivity index (χ0n) is 9.43. The van der Waals surface area contributed by atoms with Crippen LogP contribution in [0.3, 0.4) is 0 Å². The van der Waals surface area contributed by atoms with Gasteiger partial charge in [0.05, 0.1) is 0 Å². The highest BCUT2D eigenvalue weighted by Gasteiger charge is 2.12. The molecule has 17 heavy (non-hydrogen) atoms. The molecule has 5 nitrogen and oxygen atoms in total.